The first-order chi connectivity index (χ1) is 10.2. The predicted octanol–water partition coefficient (Wildman–Crippen LogP) is 3.23. The van der Waals surface area contributed by atoms with E-state index in [1.165, 1.54) is 0 Å². The highest BCUT2D eigenvalue weighted by atomic mass is 16.5. The fraction of sp³-hybridized carbons (Fsp3) is 0.375. The molecule has 2 rings (SSSR count). The lowest BCUT2D eigenvalue weighted by Gasteiger charge is -2.10. The van der Waals surface area contributed by atoms with Crippen LogP contribution in [0.3, 0.4) is 0 Å². The number of methoxy groups -OCH3 is 1. The monoisotopic (exact) mass is 286 g/mol. The molecule has 5 nitrogen and oxygen atoms in total. The summed E-state index contributed by atoms with van der Waals surface area (Å²) in [6.07, 6.45) is 1.07. The highest BCUT2D eigenvalue weighted by Gasteiger charge is 2.02. The Morgan fingerprint density at radius 1 is 1.10 bits per heavy atom. The minimum Gasteiger partial charge on any atom is -0.497 e. The molecular weight excluding hydrogens is 264 g/mol. The molecule has 2 aromatic rings. The predicted molar refractivity (Wildman–Crippen MR) is 85.9 cm³/mol. The summed E-state index contributed by atoms with van der Waals surface area (Å²) < 4.78 is 5.23. The third kappa shape index (κ3) is 4.63. The first-order valence-electron chi connectivity index (χ1n) is 7.17. The standard InChI is InChI=1S/C16H22N4O/c1-4-8-17-15-10-16(20-12(2)19-15)18-11-13-6-5-7-14(9-13)21-3/h5-7,9-10H,4,8,11H2,1-3H3,(H2,17,18,19,20). The van der Waals surface area contributed by atoms with Gasteiger partial charge in [-0.15, -0.1) is 0 Å². The average molecular weight is 286 g/mol. The van der Waals surface area contributed by atoms with Gasteiger partial charge in [-0.2, -0.15) is 0 Å². The molecule has 0 bridgehead atoms. The summed E-state index contributed by atoms with van der Waals surface area (Å²) in [7, 11) is 1.67. The van der Waals surface area contributed by atoms with Gasteiger partial charge in [0, 0.05) is 19.2 Å². The average Bonchev–Trinajstić information content (AvgIpc) is 2.50. The lowest BCUT2D eigenvalue weighted by Crippen LogP contribution is -2.07. The number of benzene rings is 1. The number of hydrogen-bond donors (Lipinski definition) is 2. The molecule has 0 aliphatic heterocycles. The van der Waals surface area contributed by atoms with Gasteiger partial charge in [-0.25, -0.2) is 9.97 Å². The number of ether oxygens (including phenoxy) is 1. The van der Waals surface area contributed by atoms with Gasteiger partial charge in [0.05, 0.1) is 7.11 Å². The summed E-state index contributed by atoms with van der Waals surface area (Å²) in [6.45, 7) is 5.63. The fourth-order valence-electron chi connectivity index (χ4n) is 1.98. The van der Waals surface area contributed by atoms with Crippen LogP contribution in [0.1, 0.15) is 24.7 Å². The number of nitrogens with zero attached hydrogens (tertiary/aromatic N) is 2. The molecule has 1 heterocycles. The van der Waals surface area contributed by atoms with Gasteiger partial charge >= 0.3 is 0 Å². The second-order valence-corrected chi connectivity index (χ2v) is 4.82. The smallest absolute Gasteiger partial charge is 0.132 e. The van der Waals surface area contributed by atoms with Crippen molar-refractivity contribution in [3.05, 3.63) is 41.7 Å². The molecule has 1 aromatic heterocycles. The van der Waals surface area contributed by atoms with Crippen molar-refractivity contribution in [2.75, 3.05) is 24.3 Å². The van der Waals surface area contributed by atoms with Crippen molar-refractivity contribution >= 4 is 11.6 Å². The van der Waals surface area contributed by atoms with Gasteiger partial charge in [0.25, 0.3) is 0 Å². The van der Waals surface area contributed by atoms with Crippen LogP contribution >= 0.6 is 0 Å². The maximum Gasteiger partial charge on any atom is 0.132 e. The Labute approximate surface area is 125 Å². The van der Waals surface area contributed by atoms with Crippen LogP contribution in [-0.4, -0.2) is 23.6 Å². The van der Waals surface area contributed by atoms with Crippen LogP contribution in [0.15, 0.2) is 30.3 Å². The Morgan fingerprint density at radius 3 is 2.57 bits per heavy atom. The van der Waals surface area contributed by atoms with Gasteiger partial charge in [-0.3, -0.25) is 0 Å². The van der Waals surface area contributed by atoms with E-state index >= 15 is 0 Å². The normalized spacial score (nSPS) is 10.2. The van der Waals surface area contributed by atoms with E-state index in [9.17, 15) is 0 Å². The summed E-state index contributed by atoms with van der Waals surface area (Å²) in [6, 6.07) is 9.92. The second-order valence-electron chi connectivity index (χ2n) is 4.82. The largest absolute Gasteiger partial charge is 0.497 e. The maximum atomic E-state index is 5.23. The van der Waals surface area contributed by atoms with Crippen LogP contribution < -0.4 is 15.4 Å². The van der Waals surface area contributed by atoms with Gasteiger partial charge in [-0.05, 0) is 31.0 Å². The Morgan fingerprint density at radius 2 is 1.86 bits per heavy atom. The Bertz CT molecular complexity index is 586. The summed E-state index contributed by atoms with van der Waals surface area (Å²) in [5.74, 6) is 3.30. The van der Waals surface area contributed by atoms with Gasteiger partial charge in [0.2, 0.25) is 0 Å². The van der Waals surface area contributed by atoms with E-state index in [0.29, 0.717) is 6.54 Å². The van der Waals surface area contributed by atoms with Crippen LogP contribution in [0.5, 0.6) is 5.75 Å². The van der Waals surface area contributed by atoms with Crippen molar-refractivity contribution in [1.82, 2.24) is 9.97 Å². The topological polar surface area (TPSA) is 59.1 Å². The highest BCUT2D eigenvalue weighted by Crippen LogP contribution is 2.15. The van der Waals surface area contributed by atoms with Gasteiger partial charge in [-0.1, -0.05) is 19.1 Å². The molecule has 5 heteroatoms. The van der Waals surface area contributed by atoms with E-state index in [1.807, 2.05) is 31.2 Å². The molecule has 0 amide bonds. The molecule has 0 saturated heterocycles. The Hall–Kier alpha value is -2.30. The summed E-state index contributed by atoms with van der Waals surface area (Å²) in [4.78, 5) is 8.78. The fourth-order valence-corrected chi connectivity index (χ4v) is 1.98. The molecule has 112 valence electrons. The van der Waals surface area contributed by atoms with E-state index in [1.54, 1.807) is 7.11 Å². The molecule has 0 spiro atoms. The molecule has 0 unspecified atom stereocenters. The van der Waals surface area contributed by atoms with E-state index in [4.69, 9.17) is 4.74 Å². The first kappa shape index (κ1) is 15.1. The number of nitrogens with one attached hydrogen (secondary N) is 2. The van der Waals surface area contributed by atoms with Crippen molar-refractivity contribution in [3.8, 4) is 5.75 Å². The Kier molecular flexibility index (Phi) is 5.37. The molecule has 0 fully saturated rings. The van der Waals surface area contributed by atoms with Crippen molar-refractivity contribution in [1.29, 1.82) is 0 Å². The zero-order valence-corrected chi connectivity index (χ0v) is 12.8. The van der Waals surface area contributed by atoms with Crippen molar-refractivity contribution in [2.45, 2.75) is 26.8 Å². The van der Waals surface area contributed by atoms with Crippen LogP contribution in [-0.2, 0) is 6.54 Å². The lowest BCUT2D eigenvalue weighted by molar-refractivity contribution is 0.414. The zero-order chi connectivity index (χ0) is 15.1. The molecule has 2 N–H and O–H groups in total. The summed E-state index contributed by atoms with van der Waals surface area (Å²) >= 11 is 0. The minimum absolute atomic E-state index is 0.695. The highest BCUT2D eigenvalue weighted by molar-refractivity contribution is 5.48. The molecule has 0 saturated carbocycles. The van der Waals surface area contributed by atoms with Gasteiger partial charge < -0.3 is 15.4 Å². The molecule has 1 aromatic carbocycles. The van der Waals surface area contributed by atoms with Crippen LogP contribution in [0.4, 0.5) is 11.6 Å². The van der Waals surface area contributed by atoms with Crippen LogP contribution in [0.25, 0.3) is 0 Å². The van der Waals surface area contributed by atoms with E-state index in [0.717, 1.165) is 41.7 Å². The molecule has 0 aliphatic carbocycles. The van der Waals surface area contributed by atoms with Crippen LogP contribution in [0.2, 0.25) is 0 Å². The SMILES string of the molecule is CCCNc1cc(NCc2cccc(OC)c2)nc(C)n1. The quantitative estimate of drug-likeness (QED) is 0.818. The molecule has 0 atom stereocenters. The molecule has 21 heavy (non-hydrogen) atoms. The summed E-state index contributed by atoms with van der Waals surface area (Å²) in [5, 5.41) is 6.60. The lowest BCUT2D eigenvalue weighted by atomic mass is 10.2. The van der Waals surface area contributed by atoms with Gasteiger partial charge in [0.15, 0.2) is 0 Å². The summed E-state index contributed by atoms with van der Waals surface area (Å²) in [5.41, 5.74) is 1.15. The minimum atomic E-state index is 0.695. The molecular formula is C16H22N4O. The van der Waals surface area contributed by atoms with Crippen molar-refractivity contribution in [2.24, 2.45) is 0 Å². The second kappa shape index (κ2) is 7.47. The number of aryl methyl sites for hydroxylation is 1. The Balaban J connectivity index is 2.03. The van der Waals surface area contributed by atoms with Crippen molar-refractivity contribution in [3.63, 3.8) is 0 Å². The third-order valence-corrected chi connectivity index (χ3v) is 3.00. The van der Waals surface area contributed by atoms with E-state index < -0.39 is 0 Å². The maximum absolute atomic E-state index is 5.23. The van der Waals surface area contributed by atoms with Crippen LogP contribution in [0, 0.1) is 6.92 Å². The number of aromatic nitrogens is 2. The first-order valence-corrected chi connectivity index (χ1v) is 7.17. The number of rotatable bonds is 7. The zero-order valence-electron chi connectivity index (χ0n) is 12.8. The number of anilines is 2. The number of hydrogen-bond acceptors (Lipinski definition) is 5. The van der Waals surface area contributed by atoms with Crippen molar-refractivity contribution < 1.29 is 4.74 Å². The third-order valence-electron chi connectivity index (χ3n) is 3.00. The van der Waals surface area contributed by atoms with E-state index in [2.05, 4.69) is 33.6 Å². The van der Waals surface area contributed by atoms with Gasteiger partial charge in [0.1, 0.15) is 23.2 Å². The molecule has 0 radical (unpaired) electrons. The van der Waals surface area contributed by atoms with E-state index in [-0.39, 0.29) is 0 Å². The molecule has 0 aliphatic rings.